The molecular formula is C25H26ClN7O3S2. The van der Waals surface area contributed by atoms with Crippen molar-refractivity contribution < 1.29 is 13.2 Å². The number of H-pyrrole nitrogens is 1. The van der Waals surface area contributed by atoms with Crippen LogP contribution in [-0.2, 0) is 15.8 Å². The molecule has 1 amide bonds. The van der Waals surface area contributed by atoms with E-state index in [-0.39, 0.29) is 22.6 Å². The van der Waals surface area contributed by atoms with Gasteiger partial charge in [-0.2, -0.15) is 16.7 Å². The lowest BCUT2D eigenvalue weighted by Gasteiger charge is -2.26. The molecule has 5 rings (SSSR count). The molecule has 4 aromatic rings. The van der Waals surface area contributed by atoms with Crippen molar-refractivity contribution in [2.24, 2.45) is 5.14 Å². The average molecular weight is 572 g/mol. The van der Waals surface area contributed by atoms with Gasteiger partial charge in [0.1, 0.15) is 5.02 Å². The number of hydrogen-bond donors (Lipinski definition) is 4. The van der Waals surface area contributed by atoms with Gasteiger partial charge in [0.15, 0.2) is 5.82 Å². The van der Waals surface area contributed by atoms with E-state index in [2.05, 4.69) is 25.6 Å². The molecule has 1 saturated heterocycles. The molecule has 198 valence electrons. The summed E-state index contributed by atoms with van der Waals surface area (Å²) in [6.45, 7) is 3.42. The summed E-state index contributed by atoms with van der Waals surface area (Å²) in [5, 5.41) is 12.6. The Morgan fingerprint density at radius 1 is 1.18 bits per heavy atom. The van der Waals surface area contributed by atoms with Crippen LogP contribution in [0.2, 0.25) is 5.02 Å². The second kappa shape index (κ2) is 10.8. The number of carbonyl (C=O) groups is 1. The molecule has 3 heterocycles. The third-order valence-corrected chi connectivity index (χ3v) is 8.06. The summed E-state index contributed by atoms with van der Waals surface area (Å²) in [4.78, 5) is 27.2. The van der Waals surface area contributed by atoms with E-state index in [0.29, 0.717) is 22.6 Å². The zero-order valence-electron chi connectivity index (χ0n) is 20.5. The normalized spacial score (nSPS) is 14.0. The third-order valence-electron chi connectivity index (χ3n) is 6.13. The molecule has 10 nitrogen and oxygen atoms in total. The van der Waals surface area contributed by atoms with Crippen molar-refractivity contribution in [3.63, 3.8) is 0 Å². The van der Waals surface area contributed by atoms with Crippen molar-refractivity contribution in [2.45, 2.75) is 12.7 Å². The number of halogens is 1. The molecule has 1 fully saturated rings. The molecule has 2 aromatic carbocycles. The SMILES string of the molecule is Cc1[nH]c2cc(Nc3ncc(Cl)c(Nc4ccccc4CS(N)(=O)=O)n3)ccc2c1C(=O)N1CCSCC1. The second-order valence-corrected chi connectivity index (χ2v) is 12.1. The van der Waals surface area contributed by atoms with Crippen LogP contribution in [0.5, 0.6) is 0 Å². The number of nitrogens with one attached hydrogen (secondary N) is 3. The van der Waals surface area contributed by atoms with Gasteiger partial charge in [-0.15, -0.1) is 0 Å². The maximum Gasteiger partial charge on any atom is 0.256 e. The molecule has 1 aliphatic heterocycles. The Hall–Kier alpha value is -3.32. The summed E-state index contributed by atoms with van der Waals surface area (Å²) in [5.74, 6) is 2.21. The molecule has 0 bridgehead atoms. The summed E-state index contributed by atoms with van der Waals surface area (Å²) in [6, 6.07) is 12.5. The highest BCUT2D eigenvalue weighted by molar-refractivity contribution is 7.99. The van der Waals surface area contributed by atoms with E-state index in [1.807, 2.05) is 41.8 Å². The van der Waals surface area contributed by atoms with Crippen LogP contribution in [0.3, 0.4) is 0 Å². The highest BCUT2D eigenvalue weighted by Crippen LogP contribution is 2.30. The number of primary sulfonamides is 1. The van der Waals surface area contributed by atoms with Gasteiger partial charge in [0.25, 0.3) is 5.91 Å². The molecule has 0 spiro atoms. The van der Waals surface area contributed by atoms with E-state index in [1.165, 1.54) is 6.20 Å². The van der Waals surface area contributed by atoms with Gasteiger partial charge in [0.2, 0.25) is 16.0 Å². The van der Waals surface area contributed by atoms with E-state index in [0.717, 1.165) is 46.9 Å². The molecule has 0 aliphatic carbocycles. The fourth-order valence-corrected chi connectivity index (χ4v) is 6.09. The number of aromatic nitrogens is 3. The van der Waals surface area contributed by atoms with Crippen LogP contribution in [0.15, 0.2) is 48.7 Å². The maximum absolute atomic E-state index is 13.2. The zero-order chi connectivity index (χ0) is 26.9. The minimum absolute atomic E-state index is 0.0502. The Balaban J connectivity index is 1.38. The number of hydrogen-bond acceptors (Lipinski definition) is 8. The second-order valence-electron chi connectivity index (χ2n) is 8.89. The lowest BCUT2D eigenvalue weighted by Crippen LogP contribution is -2.38. The van der Waals surface area contributed by atoms with Crippen LogP contribution in [0.1, 0.15) is 21.6 Å². The number of nitrogens with two attached hydrogens (primary N) is 1. The number of sulfonamides is 1. The average Bonchev–Trinajstić information content (AvgIpc) is 3.21. The fourth-order valence-electron chi connectivity index (χ4n) is 4.37. The highest BCUT2D eigenvalue weighted by Gasteiger charge is 2.23. The largest absolute Gasteiger partial charge is 0.358 e. The topological polar surface area (TPSA) is 146 Å². The number of aryl methyl sites for hydroxylation is 1. The summed E-state index contributed by atoms with van der Waals surface area (Å²) in [7, 11) is -3.73. The van der Waals surface area contributed by atoms with Gasteiger partial charge in [-0.3, -0.25) is 4.79 Å². The predicted octanol–water partition coefficient (Wildman–Crippen LogP) is 4.38. The van der Waals surface area contributed by atoms with Crippen molar-refractivity contribution in [1.29, 1.82) is 0 Å². The molecule has 0 atom stereocenters. The van der Waals surface area contributed by atoms with Gasteiger partial charge in [0, 0.05) is 52.6 Å². The number of benzene rings is 2. The van der Waals surface area contributed by atoms with Crippen LogP contribution in [-0.4, -0.2) is 58.8 Å². The zero-order valence-corrected chi connectivity index (χ0v) is 22.9. The first-order valence-electron chi connectivity index (χ1n) is 11.8. The molecule has 1 aliphatic rings. The Labute approximate surface area is 229 Å². The lowest BCUT2D eigenvalue weighted by molar-refractivity contribution is 0.0773. The summed E-state index contributed by atoms with van der Waals surface area (Å²) in [5.41, 5.74) is 4.07. The third kappa shape index (κ3) is 5.88. The Morgan fingerprint density at radius 3 is 2.71 bits per heavy atom. The van der Waals surface area contributed by atoms with E-state index < -0.39 is 10.0 Å². The summed E-state index contributed by atoms with van der Waals surface area (Å²) < 4.78 is 23.3. The Morgan fingerprint density at radius 2 is 1.95 bits per heavy atom. The molecule has 0 unspecified atom stereocenters. The quantitative estimate of drug-likeness (QED) is 0.255. The van der Waals surface area contributed by atoms with E-state index in [4.69, 9.17) is 16.7 Å². The number of thioether (sulfide) groups is 1. The van der Waals surface area contributed by atoms with Crippen LogP contribution in [0.25, 0.3) is 10.9 Å². The van der Waals surface area contributed by atoms with Gasteiger partial charge in [0.05, 0.1) is 17.5 Å². The van der Waals surface area contributed by atoms with Crippen LogP contribution < -0.4 is 15.8 Å². The van der Waals surface area contributed by atoms with E-state index in [9.17, 15) is 13.2 Å². The fraction of sp³-hybridized carbons (Fsp3) is 0.240. The summed E-state index contributed by atoms with van der Waals surface area (Å²) >= 11 is 8.19. The van der Waals surface area contributed by atoms with Gasteiger partial charge >= 0.3 is 0 Å². The molecule has 0 saturated carbocycles. The first-order chi connectivity index (χ1) is 18.2. The molecule has 13 heteroatoms. The van der Waals surface area contributed by atoms with Gasteiger partial charge < -0.3 is 20.5 Å². The summed E-state index contributed by atoms with van der Waals surface area (Å²) in [6.07, 6.45) is 1.45. The number of anilines is 4. The minimum Gasteiger partial charge on any atom is -0.358 e. The molecule has 2 aromatic heterocycles. The van der Waals surface area contributed by atoms with E-state index in [1.54, 1.807) is 24.3 Å². The first kappa shape index (κ1) is 26.3. The smallest absolute Gasteiger partial charge is 0.256 e. The van der Waals surface area contributed by atoms with Gasteiger partial charge in [-0.05, 0) is 36.8 Å². The van der Waals surface area contributed by atoms with Crippen molar-refractivity contribution in [3.8, 4) is 0 Å². The number of amides is 1. The maximum atomic E-state index is 13.2. The number of aromatic amines is 1. The monoisotopic (exact) mass is 571 g/mol. The number of carbonyl (C=O) groups excluding carboxylic acids is 1. The Bertz CT molecular complexity index is 1620. The molecule has 5 N–H and O–H groups in total. The van der Waals surface area contributed by atoms with Gasteiger partial charge in [-0.25, -0.2) is 18.5 Å². The van der Waals surface area contributed by atoms with Gasteiger partial charge in [-0.1, -0.05) is 29.8 Å². The van der Waals surface area contributed by atoms with E-state index >= 15 is 0 Å². The number of fused-ring (bicyclic) bond motifs is 1. The van der Waals surface area contributed by atoms with Crippen molar-refractivity contribution >= 4 is 73.3 Å². The minimum atomic E-state index is -3.73. The van der Waals surface area contributed by atoms with Crippen molar-refractivity contribution in [2.75, 3.05) is 35.2 Å². The number of nitrogens with zero attached hydrogens (tertiary/aromatic N) is 3. The first-order valence-corrected chi connectivity index (χ1v) is 15.1. The molecule has 0 radical (unpaired) electrons. The van der Waals surface area contributed by atoms with Crippen LogP contribution in [0.4, 0.5) is 23.1 Å². The highest BCUT2D eigenvalue weighted by atomic mass is 35.5. The molecule has 38 heavy (non-hydrogen) atoms. The molecular weight excluding hydrogens is 546 g/mol. The van der Waals surface area contributed by atoms with Crippen LogP contribution >= 0.6 is 23.4 Å². The lowest BCUT2D eigenvalue weighted by atomic mass is 10.1. The standard InChI is InChI=1S/C25H26ClN7O3S2/c1-15-22(24(34)33-8-10-37-11-9-33)18-7-6-17(12-21(18)29-15)30-25-28-13-19(26)23(32-25)31-20-5-3-2-4-16(20)14-38(27,35)36/h2-7,12-13,29H,8-11,14H2,1H3,(H2,27,35,36)(H2,28,30,31,32). The number of para-hydroxylation sites is 1. The Kier molecular flexibility index (Phi) is 7.48. The predicted molar refractivity (Wildman–Crippen MR) is 153 cm³/mol. The van der Waals surface area contributed by atoms with Crippen molar-refractivity contribution in [3.05, 3.63) is 70.5 Å². The van der Waals surface area contributed by atoms with Crippen molar-refractivity contribution in [1.82, 2.24) is 19.9 Å². The van der Waals surface area contributed by atoms with Crippen LogP contribution in [0, 0.1) is 6.92 Å². The number of rotatable bonds is 7.